The summed E-state index contributed by atoms with van der Waals surface area (Å²) in [4.78, 5) is 53.4. The Kier molecular flexibility index (Phi) is 10.4. The van der Waals surface area contributed by atoms with Crippen molar-refractivity contribution >= 4 is 46.2 Å². The molecular formula is C38H42FN5O8S. The lowest BCUT2D eigenvalue weighted by Gasteiger charge is -2.51. The van der Waals surface area contributed by atoms with Gasteiger partial charge >= 0.3 is 11.9 Å². The summed E-state index contributed by atoms with van der Waals surface area (Å²) in [6, 6.07) is 10.1. The van der Waals surface area contributed by atoms with Crippen LogP contribution in [0.1, 0.15) is 42.6 Å². The van der Waals surface area contributed by atoms with Crippen molar-refractivity contribution in [1.29, 1.82) is 0 Å². The van der Waals surface area contributed by atoms with E-state index in [9.17, 15) is 29.4 Å². The fourth-order valence-electron chi connectivity index (χ4n) is 7.50. The lowest BCUT2D eigenvalue weighted by Crippen LogP contribution is -2.66. The number of pyridine rings is 1. The van der Waals surface area contributed by atoms with Gasteiger partial charge in [-0.1, -0.05) is 30.4 Å². The third kappa shape index (κ3) is 7.32. The number of carbonyl (C=O) groups is 3. The van der Waals surface area contributed by atoms with E-state index in [-0.39, 0.29) is 64.5 Å². The number of carboxylic acid groups (broad SMARTS) is 2. The summed E-state index contributed by atoms with van der Waals surface area (Å²) in [5.74, 6) is -1.76. The summed E-state index contributed by atoms with van der Waals surface area (Å²) >= 11 is 1.59. The topological polar surface area (TPSA) is 163 Å². The number of para-hydroxylation sites is 1. The van der Waals surface area contributed by atoms with Crippen molar-refractivity contribution in [2.24, 2.45) is 5.92 Å². The Labute approximate surface area is 309 Å². The molecular weight excluding hydrogens is 706 g/mol. The zero-order valence-electron chi connectivity index (χ0n) is 29.4. The molecule has 280 valence electrons. The molecule has 53 heavy (non-hydrogen) atoms. The standard InChI is InChI=1S/C38H42FN5O8S/c1-21(22-12-14-42(16-22)33-28(39)15-26-32(35(33)51-2)43(24-10-11-24)17-27(34(26)46)37(47)48)40-13-6-7-23-20-53-36-29(18-44(36)31(23)38(49)50)41-30(45)19-52-25-8-4-3-5-9-25/h3-9,15,17,21-22,24,29,36,40H,10-14,16,18-20H2,1-2H3,(H,41,45)(H,47,48)(H,49,50)/b7-6+/t21-,22+,29+,36+/m0/s1. The van der Waals surface area contributed by atoms with E-state index in [2.05, 4.69) is 17.6 Å². The summed E-state index contributed by atoms with van der Waals surface area (Å²) in [7, 11) is 1.44. The molecule has 0 spiro atoms. The number of aromatic nitrogens is 1. The van der Waals surface area contributed by atoms with Gasteiger partial charge in [-0.2, -0.15) is 0 Å². The molecule has 13 nitrogen and oxygen atoms in total. The van der Waals surface area contributed by atoms with E-state index in [1.807, 2.05) is 40.2 Å². The molecule has 0 unspecified atom stereocenters. The number of benzene rings is 2. The van der Waals surface area contributed by atoms with Gasteiger partial charge in [0.1, 0.15) is 22.7 Å². The molecule has 4 N–H and O–H groups in total. The van der Waals surface area contributed by atoms with Gasteiger partial charge in [-0.05, 0) is 55.9 Å². The first kappa shape index (κ1) is 36.3. The van der Waals surface area contributed by atoms with Crippen molar-refractivity contribution in [2.75, 3.05) is 50.5 Å². The molecule has 2 saturated heterocycles. The number of carboxylic acids is 2. The van der Waals surface area contributed by atoms with Crippen molar-refractivity contribution in [2.45, 2.75) is 49.7 Å². The van der Waals surface area contributed by atoms with Crippen molar-refractivity contribution < 1.29 is 38.5 Å². The normalized spacial score (nSPS) is 21.8. The van der Waals surface area contributed by atoms with Crippen LogP contribution in [0.15, 0.2) is 70.8 Å². The van der Waals surface area contributed by atoms with Crippen LogP contribution in [-0.2, 0) is 9.59 Å². The minimum absolute atomic E-state index is 0.00847. The molecule has 0 radical (unpaired) electrons. The number of hydrogen-bond donors (Lipinski definition) is 4. The SMILES string of the molecule is COc1c(N2CC[C@@H]([C@H](C)NC/C=C/C3=C(C(=O)O)N4C[C@@H](NC(=O)COc5ccccc5)[C@H]4SC3)C2)c(F)cc2c(=O)c(C(=O)O)cn(C3CC3)c12. The van der Waals surface area contributed by atoms with Crippen LogP contribution in [-0.4, -0.2) is 101 Å². The van der Waals surface area contributed by atoms with Gasteiger partial charge in [-0.25, -0.2) is 14.0 Å². The van der Waals surface area contributed by atoms with Crippen molar-refractivity contribution in [3.8, 4) is 11.5 Å². The minimum atomic E-state index is -1.35. The number of thioether (sulfide) groups is 1. The summed E-state index contributed by atoms with van der Waals surface area (Å²) in [6.07, 6.45) is 7.55. The molecule has 15 heteroatoms. The number of ether oxygens (including phenoxy) is 2. The molecule has 7 rings (SSSR count). The zero-order chi connectivity index (χ0) is 37.4. The first-order chi connectivity index (χ1) is 25.5. The van der Waals surface area contributed by atoms with Crippen LogP contribution in [0.3, 0.4) is 0 Å². The number of hydrogen-bond acceptors (Lipinski definition) is 10. The quantitative estimate of drug-likeness (QED) is 0.189. The van der Waals surface area contributed by atoms with Crippen molar-refractivity contribution in [1.82, 2.24) is 20.1 Å². The predicted molar refractivity (Wildman–Crippen MR) is 198 cm³/mol. The van der Waals surface area contributed by atoms with E-state index in [1.165, 1.54) is 13.3 Å². The van der Waals surface area contributed by atoms with Crippen molar-refractivity contribution in [3.63, 3.8) is 0 Å². The minimum Gasteiger partial charge on any atom is -0.492 e. The number of aromatic carboxylic acids is 1. The lowest BCUT2D eigenvalue weighted by molar-refractivity contribution is -0.135. The molecule has 4 heterocycles. The average Bonchev–Trinajstić information content (AvgIpc) is 3.87. The first-order valence-corrected chi connectivity index (χ1v) is 18.8. The van der Waals surface area contributed by atoms with Gasteiger partial charge in [0.05, 0.1) is 29.4 Å². The molecule has 1 saturated carbocycles. The second-order valence-electron chi connectivity index (χ2n) is 13.9. The fraction of sp³-hybridized carbons (Fsp3) is 0.421. The molecule has 3 aliphatic heterocycles. The van der Waals surface area contributed by atoms with Gasteiger partial charge in [0.25, 0.3) is 5.91 Å². The van der Waals surface area contributed by atoms with Crippen LogP contribution < -0.4 is 30.4 Å². The van der Waals surface area contributed by atoms with Crippen LogP contribution in [0.2, 0.25) is 0 Å². The number of carbonyl (C=O) groups excluding carboxylic acids is 1. The molecule has 1 amide bonds. The average molecular weight is 748 g/mol. The van der Waals surface area contributed by atoms with E-state index < -0.39 is 28.7 Å². The second kappa shape index (κ2) is 15.1. The Bertz CT molecular complexity index is 2050. The van der Waals surface area contributed by atoms with E-state index in [1.54, 1.807) is 28.5 Å². The maximum Gasteiger partial charge on any atom is 0.352 e. The third-order valence-electron chi connectivity index (χ3n) is 10.4. The number of allylic oxidation sites excluding steroid dienone is 1. The lowest BCUT2D eigenvalue weighted by atomic mass is 10.0. The number of rotatable bonds is 14. The molecule has 1 aromatic heterocycles. The van der Waals surface area contributed by atoms with Gasteiger partial charge in [0.15, 0.2) is 18.2 Å². The molecule has 3 aromatic rings. The van der Waals surface area contributed by atoms with Crippen molar-refractivity contribution in [3.05, 3.63) is 87.6 Å². The number of halogens is 1. The van der Waals surface area contributed by atoms with E-state index in [4.69, 9.17) is 9.47 Å². The predicted octanol–water partition coefficient (Wildman–Crippen LogP) is 3.83. The Morgan fingerprint density at radius 2 is 1.89 bits per heavy atom. The van der Waals surface area contributed by atoms with Crippen LogP contribution in [0.4, 0.5) is 10.1 Å². The molecule has 0 bridgehead atoms. The highest BCUT2D eigenvalue weighted by atomic mass is 32.2. The van der Waals surface area contributed by atoms with E-state index in [0.717, 1.165) is 25.3 Å². The molecule has 2 aromatic carbocycles. The number of fused-ring (bicyclic) bond motifs is 2. The monoisotopic (exact) mass is 747 g/mol. The number of nitrogens with one attached hydrogen (secondary N) is 2. The van der Waals surface area contributed by atoms with Gasteiger partial charge in [0, 0.05) is 50.2 Å². The Morgan fingerprint density at radius 3 is 2.58 bits per heavy atom. The van der Waals surface area contributed by atoms with E-state index in [0.29, 0.717) is 48.8 Å². The van der Waals surface area contributed by atoms with Gasteiger partial charge in [-0.3, -0.25) is 9.59 Å². The molecule has 4 atom stereocenters. The largest absolute Gasteiger partial charge is 0.492 e. The first-order valence-electron chi connectivity index (χ1n) is 17.7. The number of amides is 1. The van der Waals surface area contributed by atoms with Gasteiger partial charge < -0.3 is 44.7 Å². The Hall–Kier alpha value is -5.02. The van der Waals surface area contributed by atoms with E-state index >= 15 is 4.39 Å². The summed E-state index contributed by atoms with van der Waals surface area (Å²) in [6.45, 7) is 3.94. The maximum absolute atomic E-state index is 15.8. The Balaban J connectivity index is 0.963. The summed E-state index contributed by atoms with van der Waals surface area (Å²) in [5.41, 5.74) is 0.497. The number of methoxy groups -OCH3 is 1. The van der Waals surface area contributed by atoms with Gasteiger partial charge in [-0.15, -0.1) is 11.8 Å². The summed E-state index contributed by atoms with van der Waals surface area (Å²) in [5, 5.41) is 26.0. The van der Waals surface area contributed by atoms with Crippen LogP contribution in [0.25, 0.3) is 10.9 Å². The second-order valence-corrected chi connectivity index (χ2v) is 15.0. The Morgan fingerprint density at radius 1 is 1.11 bits per heavy atom. The zero-order valence-corrected chi connectivity index (χ0v) is 30.2. The molecule has 4 aliphatic rings. The van der Waals surface area contributed by atoms with Crippen LogP contribution in [0.5, 0.6) is 11.5 Å². The number of aliphatic carboxylic acids is 1. The molecule has 3 fully saturated rings. The molecule has 1 aliphatic carbocycles. The van der Waals surface area contributed by atoms with Crippen LogP contribution in [0, 0.1) is 11.7 Å². The summed E-state index contributed by atoms with van der Waals surface area (Å²) < 4.78 is 28.9. The fourth-order valence-corrected chi connectivity index (χ4v) is 8.84. The highest BCUT2D eigenvalue weighted by Crippen LogP contribution is 2.45. The third-order valence-corrected chi connectivity index (χ3v) is 11.8. The number of anilines is 1. The highest BCUT2D eigenvalue weighted by Gasteiger charge is 2.46. The number of nitrogens with zero attached hydrogens (tertiary/aromatic N) is 3. The van der Waals surface area contributed by atoms with Crippen LogP contribution >= 0.6 is 11.8 Å². The highest BCUT2D eigenvalue weighted by molar-refractivity contribution is 8.00. The maximum atomic E-state index is 15.8. The van der Waals surface area contributed by atoms with Gasteiger partial charge in [0.2, 0.25) is 5.43 Å². The smallest absolute Gasteiger partial charge is 0.352 e.